The highest BCUT2D eigenvalue weighted by Crippen LogP contribution is 1.96. The van der Waals surface area contributed by atoms with Crippen LogP contribution in [-0.2, 0) is 0 Å². The van der Waals surface area contributed by atoms with Crippen molar-refractivity contribution in [3.05, 3.63) is 0 Å². The summed E-state index contributed by atoms with van der Waals surface area (Å²) in [6.07, 6.45) is 5.85. The molecule has 0 radical (unpaired) electrons. The quantitative estimate of drug-likeness (QED) is 0.382. The second-order valence-corrected chi connectivity index (χ2v) is 1.39. The van der Waals surface area contributed by atoms with Crippen LogP contribution in [0.1, 0.15) is 0 Å². The van der Waals surface area contributed by atoms with Crippen LogP contribution in [0.2, 0.25) is 0 Å². The largest absolute Gasteiger partial charge is 0.193 e. The van der Waals surface area contributed by atoms with Gasteiger partial charge in [0, 0.05) is 7.48 Å². The zero-order valence-corrected chi connectivity index (χ0v) is 3.13. The average Bonchev–Trinajstić information content (AvgIpc) is 0.811. The Labute approximate surface area is 25.4 Å². The lowest BCUT2D eigenvalue weighted by Crippen LogP contribution is -1.07. The molecule has 0 aliphatic carbocycles. The van der Waals surface area contributed by atoms with E-state index in [4.69, 9.17) is 0 Å². The molecule has 4 heavy (non-hydrogen) atoms. The van der Waals surface area contributed by atoms with E-state index in [2.05, 4.69) is 12.6 Å². The molecule has 0 atom stereocenters. The fourth-order valence-corrected chi connectivity index (χ4v) is 0. The van der Waals surface area contributed by atoms with E-state index in [0.29, 0.717) is 0 Å². The molecule has 0 saturated carbocycles. The standard InChI is InChI=1S/C2H4FP/c1-4(2)3/h1-2H2. The summed E-state index contributed by atoms with van der Waals surface area (Å²) in [5.74, 6) is 0. The van der Waals surface area contributed by atoms with Gasteiger partial charge in [0.25, 0.3) is 0 Å². The maximum absolute atomic E-state index is 10.8. The summed E-state index contributed by atoms with van der Waals surface area (Å²) in [6, 6.07) is 0. The Hall–Kier alpha value is -0.0300. The van der Waals surface area contributed by atoms with E-state index in [1.165, 1.54) is 0 Å². The first-order chi connectivity index (χ1) is 1.73. The van der Waals surface area contributed by atoms with Crippen molar-refractivity contribution in [2.45, 2.75) is 0 Å². The summed E-state index contributed by atoms with van der Waals surface area (Å²) in [6.45, 7) is 0. The van der Waals surface area contributed by atoms with Gasteiger partial charge in [0.15, 0.2) is 0 Å². The minimum absolute atomic E-state index is 1.62. The Morgan fingerprint density at radius 3 is 1.50 bits per heavy atom. The van der Waals surface area contributed by atoms with Crippen molar-refractivity contribution in [2.24, 2.45) is 0 Å². The Bertz CT molecular complexity index is 54.4. The monoisotopic (exact) mass is 78.0 g/mol. The molecule has 0 rings (SSSR count). The molecule has 0 aromatic rings. The molecule has 0 aliphatic rings. The van der Waals surface area contributed by atoms with E-state index >= 15 is 0 Å². The maximum atomic E-state index is 10.8. The molecule has 0 nitrogen and oxygen atoms in total. The number of hydrogen-bond donors (Lipinski definition) is 0. The van der Waals surface area contributed by atoms with Gasteiger partial charge in [0.05, 0.1) is 0 Å². The molecule has 0 heterocycles. The fraction of sp³-hybridized carbons (Fsp3) is 0. The normalized spacial score (nSPS) is 6.25. The zero-order chi connectivity index (χ0) is 3.58. The minimum Gasteiger partial charge on any atom is -0.193 e. The highest BCUT2D eigenvalue weighted by Gasteiger charge is 1.38. The Kier molecular flexibility index (Phi) is 1.30. The second kappa shape index (κ2) is 1.31. The number of halogens is 1. The van der Waals surface area contributed by atoms with Crippen LogP contribution in [-0.4, -0.2) is 12.6 Å². The summed E-state index contributed by atoms with van der Waals surface area (Å²) in [5.41, 5.74) is 0. The Balaban J connectivity index is 3.51. The van der Waals surface area contributed by atoms with Crippen LogP contribution in [0.4, 0.5) is 4.20 Å². The van der Waals surface area contributed by atoms with E-state index in [1.807, 2.05) is 0 Å². The lowest BCUT2D eigenvalue weighted by molar-refractivity contribution is 0.934. The molecular formula is C2H4FP. The van der Waals surface area contributed by atoms with Crippen LogP contribution in [0.5, 0.6) is 0 Å². The predicted molar refractivity (Wildman–Crippen MR) is 22.3 cm³/mol. The topological polar surface area (TPSA) is 0 Å². The van der Waals surface area contributed by atoms with Gasteiger partial charge in [-0.1, -0.05) is 0 Å². The molecule has 0 fully saturated rings. The highest BCUT2D eigenvalue weighted by atomic mass is 31.1. The van der Waals surface area contributed by atoms with Gasteiger partial charge in [0.2, 0.25) is 0 Å². The Morgan fingerprint density at radius 2 is 1.50 bits per heavy atom. The third-order valence-electron chi connectivity index (χ3n) is 0. The van der Waals surface area contributed by atoms with Crippen molar-refractivity contribution in [3.8, 4) is 0 Å². The third-order valence-corrected chi connectivity index (χ3v) is 0. The predicted octanol–water partition coefficient (Wildman–Crippen LogP) is 1.22. The molecule has 0 saturated heterocycles. The van der Waals surface area contributed by atoms with Crippen LogP contribution in [0.25, 0.3) is 0 Å². The molecule has 2 heteroatoms. The number of hydrogen-bond acceptors (Lipinski definition) is 0. The number of rotatable bonds is 0. The van der Waals surface area contributed by atoms with Crippen molar-refractivity contribution >= 4 is 20.1 Å². The average molecular weight is 78.0 g/mol. The fourth-order valence-electron chi connectivity index (χ4n) is 0. The summed E-state index contributed by atoms with van der Waals surface area (Å²) >= 11 is 0. The lowest BCUT2D eigenvalue weighted by Gasteiger charge is -1.46. The SMILES string of the molecule is C=P(=C)F. The zero-order valence-electron chi connectivity index (χ0n) is 2.24. The van der Waals surface area contributed by atoms with Gasteiger partial charge in [-0.25, -0.2) is 0 Å². The van der Waals surface area contributed by atoms with Crippen LogP contribution in [0.3, 0.4) is 0 Å². The van der Waals surface area contributed by atoms with E-state index in [1.54, 1.807) is 0 Å². The van der Waals surface area contributed by atoms with Gasteiger partial charge in [-0.05, 0) is 12.6 Å². The van der Waals surface area contributed by atoms with Crippen LogP contribution in [0.15, 0.2) is 0 Å². The van der Waals surface area contributed by atoms with Gasteiger partial charge in [-0.15, -0.1) is 0 Å². The van der Waals surface area contributed by atoms with Crippen molar-refractivity contribution in [1.29, 1.82) is 0 Å². The molecule has 0 spiro atoms. The lowest BCUT2D eigenvalue weighted by atomic mass is 12.0. The molecule has 0 unspecified atom stereocenters. The van der Waals surface area contributed by atoms with Gasteiger partial charge < -0.3 is 0 Å². The van der Waals surface area contributed by atoms with Crippen LogP contribution < -0.4 is 0 Å². The molecule has 0 bridgehead atoms. The first-order valence-corrected chi connectivity index (χ1v) is 2.40. The van der Waals surface area contributed by atoms with Crippen molar-refractivity contribution in [1.82, 2.24) is 0 Å². The second-order valence-electron chi connectivity index (χ2n) is 0.463. The van der Waals surface area contributed by atoms with E-state index < -0.39 is 7.48 Å². The van der Waals surface area contributed by atoms with E-state index in [-0.39, 0.29) is 0 Å². The van der Waals surface area contributed by atoms with Gasteiger partial charge in [0.1, 0.15) is 0 Å². The maximum Gasteiger partial charge on any atom is 0.0461 e. The molecule has 0 N–H and O–H groups in total. The minimum atomic E-state index is -1.62. The van der Waals surface area contributed by atoms with Crippen LogP contribution in [0, 0.1) is 0 Å². The molecule has 0 aliphatic heterocycles. The molecule has 0 aromatic heterocycles. The first-order valence-electron chi connectivity index (χ1n) is 0.801. The smallest absolute Gasteiger partial charge is 0.0461 e. The van der Waals surface area contributed by atoms with Gasteiger partial charge in [-0.3, -0.25) is 0 Å². The Morgan fingerprint density at radius 1 is 1.50 bits per heavy atom. The summed E-state index contributed by atoms with van der Waals surface area (Å²) < 4.78 is 10.8. The van der Waals surface area contributed by atoms with E-state index in [9.17, 15) is 4.20 Å². The van der Waals surface area contributed by atoms with Gasteiger partial charge >= 0.3 is 0 Å². The molecule has 0 aromatic carbocycles. The van der Waals surface area contributed by atoms with Gasteiger partial charge in [-0.2, -0.15) is 4.20 Å². The molecular weight excluding hydrogens is 74.0 g/mol. The first kappa shape index (κ1) is 3.97. The summed E-state index contributed by atoms with van der Waals surface area (Å²) in [7, 11) is -1.62. The third kappa shape index (κ3) is 2060. The van der Waals surface area contributed by atoms with Crippen molar-refractivity contribution in [3.63, 3.8) is 0 Å². The van der Waals surface area contributed by atoms with Crippen molar-refractivity contribution in [2.75, 3.05) is 0 Å². The summed E-state index contributed by atoms with van der Waals surface area (Å²) in [5, 5.41) is 0. The highest BCUT2D eigenvalue weighted by molar-refractivity contribution is 7.48. The van der Waals surface area contributed by atoms with E-state index in [0.717, 1.165) is 0 Å². The summed E-state index contributed by atoms with van der Waals surface area (Å²) in [4.78, 5) is 0. The van der Waals surface area contributed by atoms with Crippen LogP contribution >= 0.6 is 7.48 Å². The van der Waals surface area contributed by atoms with Crippen molar-refractivity contribution < 1.29 is 4.20 Å². The molecule has 24 valence electrons. The molecule has 0 amide bonds.